The van der Waals surface area contributed by atoms with Crippen molar-refractivity contribution in [2.75, 3.05) is 18.6 Å². The van der Waals surface area contributed by atoms with Gasteiger partial charge < -0.3 is 14.9 Å². The fourth-order valence-electron chi connectivity index (χ4n) is 1.73. The third-order valence-electron chi connectivity index (χ3n) is 2.57. The lowest BCUT2D eigenvalue weighted by Crippen LogP contribution is -2.14. The molecule has 1 aromatic heterocycles. The minimum absolute atomic E-state index is 0.272. The largest absolute Gasteiger partial charge is 0.376 e. The van der Waals surface area contributed by atoms with Crippen molar-refractivity contribution >= 4 is 5.82 Å². The number of hydrogen-bond donors (Lipinski definition) is 2. The molecule has 1 unspecified atom stereocenters. The first-order valence-electron chi connectivity index (χ1n) is 5.49. The van der Waals surface area contributed by atoms with E-state index < -0.39 is 0 Å². The van der Waals surface area contributed by atoms with E-state index in [1.807, 2.05) is 12.1 Å². The molecule has 16 heavy (non-hydrogen) atoms. The maximum Gasteiger partial charge on any atom is 0.140 e. The monoisotopic (exact) mass is 223 g/mol. The Morgan fingerprint density at radius 1 is 1.62 bits per heavy atom. The van der Waals surface area contributed by atoms with Crippen molar-refractivity contribution in [2.24, 2.45) is 5.84 Å². The number of nitrogens with two attached hydrogens (primary N) is 1. The Hall–Kier alpha value is -1.17. The van der Waals surface area contributed by atoms with Gasteiger partial charge >= 0.3 is 0 Å². The molecule has 1 aliphatic heterocycles. The van der Waals surface area contributed by atoms with Gasteiger partial charge in [0.1, 0.15) is 5.82 Å². The first kappa shape index (κ1) is 11.3. The molecule has 1 atom stereocenters. The number of nitrogen functional groups attached to an aromatic ring is 1. The maximum absolute atomic E-state index is 5.58. The first-order chi connectivity index (χ1) is 7.88. The Bertz CT molecular complexity index is 327. The van der Waals surface area contributed by atoms with E-state index in [0.717, 1.165) is 25.0 Å². The lowest BCUT2D eigenvalue weighted by molar-refractivity contribution is 0.0106. The lowest BCUT2D eigenvalue weighted by atomic mass is 10.2. The number of nitrogens with zero attached hydrogens (tertiary/aromatic N) is 1. The lowest BCUT2D eigenvalue weighted by Gasteiger charge is -2.10. The van der Waals surface area contributed by atoms with Crippen molar-refractivity contribution in [1.29, 1.82) is 0 Å². The Morgan fingerprint density at radius 2 is 2.56 bits per heavy atom. The molecule has 0 amide bonds. The van der Waals surface area contributed by atoms with Crippen LogP contribution in [0.1, 0.15) is 18.4 Å². The Kier molecular flexibility index (Phi) is 4.10. The zero-order valence-electron chi connectivity index (χ0n) is 9.19. The molecule has 88 valence electrons. The predicted molar refractivity (Wildman–Crippen MR) is 60.7 cm³/mol. The van der Waals surface area contributed by atoms with E-state index in [1.54, 1.807) is 6.20 Å². The molecule has 1 fully saturated rings. The summed E-state index contributed by atoms with van der Waals surface area (Å²) in [5.41, 5.74) is 3.56. The molecule has 0 radical (unpaired) electrons. The van der Waals surface area contributed by atoms with Crippen LogP contribution >= 0.6 is 0 Å². The molecule has 0 aromatic carbocycles. The number of ether oxygens (including phenoxy) is 2. The van der Waals surface area contributed by atoms with Crippen molar-refractivity contribution in [1.82, 2.24) is 4.98 Å². The number of pyridine rings is 1. The predicted octanol–water partition coefficient (Wildman–Crippen LogP) is 1.06. The van der Waals surface area contributed by atoms with E-state index >= 15 is 0 Å². The topological polar surface area (TPSA) is 69.4 Å². The molecule has 0 saturated carbocycles. The van der Waals surface area contributed by atoms with E-state index in [-0.39, 0.29) is 6.10 Å². The average Bonchev–Trinajstić information content (AvgIpc) is 2.82. The number of hydrogen-bond acceptors (Lipinski definition) is 5. The fourth-order valence-corrected chi connectivity index (χ4v) is 1.73. The number of rotatable bonds is 5. The highest BCUT2D eigenvalue weighted by molar-refractivity contribution is 5.35. The van der Waals surface area contributed by atoms with E-state index in [1.165, 1.54) is 0 Å². The second-order valence-corrected chi connectivity index (χ2v) is 3.84. The minimum Gasteiger partial charge on any atom is -0.376 e. The van der Waals surface area contributed by atoms with Gasteiger partial charge in [-0.1, -0.05) is 0 Å². The van der Waals surface area contributed by atoms with Crippen LogP contribution in [0.4, 0.5) is 5.82 Å². The molecule has 2 rings (SSSR count). The highest BCUT2D eigenvalue weighted by Crippen LogP contribution is 2.13. The number of aromatic nitrogens is 1. The minimum atomic E-state index is 0.272. The summed E-state index contributed by atoms with van der Waals surface area (Å²) in [7, 11) is 0. The normalized spacial score (nSPS) is 19.9. The summed E-state index contributed by atoms with van der Waals surface area (Å²) in [5.74, 6) is 5.92. The van der Waals surface area contributed by atoms with E-state index in [9.17, 15) is 0 Å². The summed E-state index contributed by atoms with van der Waals surface area (Å²) in [6.45, 7) is 2.09. The van der Waals surface area contributed by atoms with Gasteiger partial charge in [-0.25, -0.2) is 10.8 Å². The number of anilines is 1. The van der Waals surface area contributed by atoms with Crippen molar-refractivity contribution in [3.8, 4) is 0 Å². The van der Waals surface area contributed by atoms with Gasteiger partial charge in [0, 0.05) is 12.8 Å². The third kappa shape index (κ3) is 3.16. The second kappa shape index (κ2) is 5.79. The van der Waals surface area contributed by atoms with E-state index in [2.05, 4.69) is 10.4 Å². The van der Waals surface area contributed by atoms with Crippen LogP contribution in [0.3, 0.4) is 0 Å². The maximum atomic E-state index is 5.58. The van der Waals surface area contributed by atoms with Crippen LogP contribution in [-0.4, -0.2) is 24.3 Å². The van der Waals surface area contributed by atoms with Crippen LogP contribution < -0.4 is 11.3 Å². The van der Waals surface area contributed by atoms with Crippen LogP contribution in [0, 0.1) is 0 Å². The molecule has 3 N–H and O–H groups in total. The summed E-state index contributed by atoms with van der Waals surface area (Å²) in [5, 5.41) is 0. The van der Waals surface area contributed by atoms with Crippen molar-refractivity contribution < 1.29 is 9.47 Å². The van der Waals surface area contributed by atoms with E-state index in [4.69, 9.17) is 15.3 Å². The summed E-state index contributed by atoms with van der Waals surface area (Å²) >= 11 is 0. The van der Waals surface area contributed by atoms with Gasteiger partial charge in [0.15, 0.2) is 0 Å². The summed E-state index contributed by atoms with van der Waals surface area (Å²) in [4.78, 5) is 4.03. The van der Waals surface area contributed by atoms with Crippen LogP contribution in [0.25, 0.3) is 0 Å². The fraction of sp³-hybridized carbons (Fsp3) is 0.545. The molecule has 0 bridgehead atoms. The van der Waals surface area contributed by atoms with E-state index in [0.29, 0.717) is 19.0 Å². The summed E-state index contributed by atoms with van der Waals surface area (Å²) < 4.78 is 11.0. The molecule has 2 heterocycles. The van der Waals surface area contributed by atoms with Crippen LogP contribution in [-0.2, 0) is 16.1 Å². The molecule has 5 heteroatoms. The van der Waals surface area contributed by atoms with Crippen molar-refractivity contribution in [3.63, 3.8) is 0 Å². The third-order valence-corrected chi connectivity index (χ3v) is 2.57. The van der Waals surface area contributed by atoms with Gasteiger partial charge in [-0.05, 0) is 30.5 Å². The molecule has 1 aliphatic rings. The molecular weight excluding hydrogens is 206 g/mol. The SMILES string of the molecule is NNc1cc(COCC2CCCO2)ccn1. The van der Waals surface area contributed by atoms with Crippen LogP contribution in [0.2, 0.25) is 0 Å². The number of nitrogens with one attached hydrogen (secondary N) is 1. The van der Waals surface area contributed by atoms with Gasteiger partial charge in [-0.3, -0.25) is 0 Å². The summed E-state index contributed by atoms with van der Waals surface area (Å²) in [6.07, 6.45) is 4.23. The highest BCUT2D eigenvalue weighted by Gasteiger charge is 2.15. The van der Waals surface area contributed by atoms with Gasteiger partial charge in [0.2, 0.25) is 0 Å². The molecule has 0 aliphatic carbocycles. The highest BCUT2D eigenvalue weighted by atomic mass is 16.5. The first-order valence-corrected chi connectivity index (χ1v) is 5.49. The summed E-state index contributed by atoms with van der Waals surface area (Å²) in [6, 6.07) is 3.78. The average molecular weight is 223 g/mol. The van der Waals surface area contributed by atoms with Gasteiger partial charge in [-0.15, -0.1) is 0 Å². The van der Waals surface area contributed by atoms with Crippen molar-refractivity contribution in [2.45, 2.75) is 25.6 Å². The van der Waals surface area contributed by atoms with Crippen LogP contribution in [0.15, 0.2) is 18.3 Å². The molecule has 5 nitrogen and oxygen atoms in total. The molecular formula is C11H17N3O2. The molecule has 0 spiro atoms. The van der Waals surface area contributed by atoms with Gasteiger partial charge in [-0.2, -0.15) is 0 Å². The quantitative estimate of drug-likeness (QED) is 0.577. The van der Waals surface area contributed by atoms with Crippen LogP contribution in [0.5, 0.6) is 0 Å². The zero-order chi connectivity index (χ0) is 11.2. The Balaban J connectivity index is 1.75. The van der Waals surface area contributed by atoms with Crippen molar-refractivity contribution in [3.05, 3.63) is 23.9 Å². The second-order valence-electron chi connectivity index (χ2n) is 3.84. The number of hydrazine groups is 1. The van der Waals surface area contributed by atoms with Gasteiger partial charge in [0.05, 0.1) is 19.3 Å². The Morgan fingerprint density at radius 3 is 3.31 bits per heavy atom. The van der Waals surface area contributed by atoms with Gasteiger partial charge in [0.25, 0.3) is 0 Å². The Labute approximate surface area is 94.9 Å². The molecule has 1 aromatic rings. The zero-order valence-corrected chi connectivity index (χ0v) is 9.19. The standard InChI is InChI=1S/C11H17N3O2/c12-14-11-6-9(3-4-13-11)7-15-8-10-2-1-5-16-10/h3-4,6,10H,1-2,5,7-8,12H2,(H,13,14). The molecule has 1 saturated heterocycles. The smallest absolute Gasteiger partial charge is 0.140 e.